The summed E-state index contributed by atoms with van der Waals surface area (Å²) < 4.78 is 5.72. The summed E-state index contributed by atoms with van der Waals surface area (Å²) >= 11 is 0. The maximum absolute atomic E-state index is 12.5. The van der Waals surface area contributed by atoms with Crippen LogP contribution in [0.25, 0.3) is 0 Å². The Morgan fingerprint density at radius 1 is 1.50 bits per heavy atom. The summed E-state index contributed by atoms with van der Waals surface area (Å²) in [5.74, 6) is 1.43. The van der Waals surface area contributed by atoms with Crippen molar-refractivity contribution in [1.29, 1.82) is 0 Å². The van der Waals surface area contributed by atoms with Gasteiger partial charge in [0.1, 0.15) is 11.9 Å². The number of aryl methyl sites for hydroxylation is 2. The number of carbonyl (C=O) groups is 1. The number of carbonyl (C=O) groups excluding carboxylic acids is 1. The third-order valence-corrected chi connectivity index (χ3v) is 3.74. The molecule has 0 saturated carbocycles. The second-order valence-corrected chi connectivity index (χ2v) is 5.41. The van der Waals surface area contributed by atoms with Crippen LogP contribution in [0.5, 0.6) is 0 Å². The van der Waals surface area contributed by atoms with E-state index >= 15 is 0 Å². The van der Waals surface area contributed by atoms with Crippen LogP contribution >= 0.6 is 0 Å². The number of nitrogens with one attached hydrogen (secondary N) is 2. The van der Waals surface area contributed by atoms with Crippen molar-refractivity contribution in [3.05, 3.63) is 29.1 Å². The number of hydrogen-bond acceptors (Lipinski definition) is 5. The standard InChI is InChI=1S/C14H20N6O2/c1-3-4-12-16-13(19-18-12)11-8-20(5-6-22-11)14(21)10-7-15-17-9(10)2/h7,11H,3-6,8H2,1-2H3,(H,15,17)(H,16,18,19)/t11-/m1/s1. The average Bonchev–Trinajstić information content (AvgIpc) is 3.16. The second kappa shape index (κ2) is 6.27. The van der Waals surface area contributed by atoms with Crippen LogP contribution in [0.15, 0.2) is 6.20 Å². The quantitative estimate of drug-likeness (QED) is 0.878. The minimum absolute atomic E-state index is 0.0381. The lowest BCUT2D eigenvalue weighted by Gasteiger charge is -2.31. The highest BCUT2D eigenvalue weighted by Gasteiger charge is 2.29. The van der Waals surface area contributed by atoms with Gasteiger partial charge < -0.3 is 9.64 Å². The number of aromatic nitrogens is 5. The largest absolute Gasteiger partial charge is 0.366 e. The van der Waals surface area contributed by atoms with Crippen molar-refractivity contribution < 1.29 is 9.53 Å². The van der Waals surface area contributed by atoms with Crippen LogP contribution in [0.4, 0.5) is 0 Å². The van der Waals surface area contributed by atoms with E-state index in [1.54, 1.807) is 11.1 Å². The predicted octanol–water partition coefficient (Wildman–Crippen LogP) is 1.00. The number of morpholine rings is 1. The topological polar surface area (TPSA) is 99.8 Å². The zero-order chi connectivity index (χ0) is 15.5. The fraction of sp³-hybridized carbons (Fsp3) is 0.571. The van der Waals surface area contributed by atoms with Gasteiger partial charge in [-0.05, 0) is 13.3 Å². The van der Waals surface area contributed by atoms with Gasteiger partial charge in [-0.15, -0.1) is 0 Å². The van der Waals surface area contributed by atoms with Gasteiger partial charge in [0.05, 0.1) is 24.9 Å². The number of hydrogen-bond donors (Lipinski definition) is 2. The molecule has 2 aromatic rings. The first-order chi connectivity index (χ1) is 10.7. The molecular weight excluding hydrogens is 284 g/mol. The first-order valence-electron chi connectivity index (χ1n) is 7.51. The van der Waals surface area contributed by atoms with Crippen LogP contribution in [-0.4, -0.2) is 55.9 Å². The minimum atomic E-state index is -0.285. The molecule has 8 heteroatoms. The molecule has 1 aliphatic heterocycles. The van der Waals surface area contributed by atoms with Crippen molar-refractivity contribution >= 4 is 5.91 Å². The van der Waals surface area contributed by atoms with Crippen LogP contribution in [0.3, 0.4) is 0 Å². The van der Waals surface area contributed by atoms with Gasteiger partial charge in [0.25, 0.3) is 5.91 Å². The highest BCUT2D eigenvalue weighted by atomic mass is 16.5. The molecule has 1 saturated heterocycles. The fourth-order valence-corrected chi connectivity index (χ4v) is 2.53. The summed E-state index contributed by atoms with van der Waals surface area (Å²) in [5.41, 5.74) is 1.37. The van der Waals surface area contributed by atoms with E-state index in [2.05, 4.69) is 32.3 Å². The summed E-state index contributed by atoms with van der Waals surface area (Å²) in [6.07, 6.45) is 3.14. The maximum atomic E-state index is 12.5. The molecule has 2 N–H and O–H groups in total. The zero-order valence-electron chi connectivity index (χ0n) is 12.8. The predicted molar refractivity (Wildman–Crippen MR) is 78.3 cm³/mol. The minimum Gasteiger partial charge on any atom is -0.366 e. The molecule has 1 amide bonds. The molecule has 0 aliphatic carbocycles. The van der Waals surface area contributed by atoms with Gasteiger partial charge in [-0.1, -0.05) is 6.92 Å². The van der Waals surface area contributed by atoms with Crippen molar-refractivity contribution in [3.63, 3.8) is 0 Å². The Hall–Kier alpha value is -2.22. The van der Waals surface area contributed by atoms with Crippen LogP contribution in [0.1, 0.15) is 47.1 Å². The third-order valence-electron chi connectivity index (χ3n) is 3.74. The molecule has 8 nitrogen and oxygen atoms in total. The van der Waals surface area contributed by atoms with Crippen molar-refractivity contribution in [2.75, 3.05) is 19.7 Å². The molecule has 2 aromatic heterocycles. The van der Waals surface area contributed by atoms with E-state index in [0.717, 1.165) is 24.4 Å². The Kier molecular flexibility index (Phi) is 4.19. The Balaban J connectivity index is 1.71. The van der Waals surface area contributed by atoms with E-state index in [9.17, 15) is 4.79 Å². The van der Waals surface area contributed by atoms with Crippen LogP contribution in [0, 0.1) is 6.92 Å². The zero-order valence-corrected chi connectivity index (χ0v) is 12.8. The van der Waals surface area contributed by atoms with E-state index in [1.165, 1.54) is 0 Å². The molecule has 1 aliphatic rings. The van der Waals surface area contributed by atoms with E-state index in [4.69, 9.17) is 4.74 Å². The number of nitrogens with zero attached hydrogens (tertiary/aromatic N) is 4. The highest BCUT2D eigenvalue weighted by Crippen LogP contribution is 2.21. The van der Waals surface area contributed by atoms with Crippen molar-refractivity contribution in [3.8, 4) is 0 Å². The third kappa shape index (κ3) is 2.87. The van der Waals surface area contributed by atoms with Crippen molar-refractivity contribution in [2.24, 2.45) is 0 Å². The lowest BCUT2D eigenvalue weighted by atomic mass is 10.2. The molecule has 0 unspecified atom stereocenters. The molecule has 1 atom stereocenters. The van der Waals surface area contributed by atoms with Gasteiger partial charge in [0.2, 0.25) is 0 Å². The lowest BCUT2D eigenvalue weighted by Crippen LogP contribution is -2.42. The van der Waals surface area contributed by atoms with E-state index < -0.39 is 0 Å². The Morgan fingerprint density at radius 2 is 2.36 bits per heavy atom. The highest BCUT2D eigenvalue weighted by molar-refractivity contribution is 5.95. The number of aromatic amines is 2. The first kappa shape index (κ1) is 14.7. The van der Waals surface area contributed by atoms with Gasteiger partial charge >= 0.3 is 0 Å². The monoisotopic (exact) mass is 304 g/mol. The van der Waals surface area contributed by atoms with Crippen LogP contribution < -0.4 is 0 Å². The molecule has 0 aromatic carbocycles. The fourth-order valence-electron chi connectivity index (χ4n) is 2.53. The number of ether oxygens (including phenoxy) is 1. The van der Waals surface area contributed by atoms with Gasteiger partial charge in [0.15, 0.2) is 5.82 Å². The van der Waals surface area contributed by atoms with Gasteiger partial charge in [-0.3, -0.25) is 15.0 Å². The van der Waals surface area contributed by atoms with Gasteiger partial charge in [-0.25, -0.2) is 4.98 Å². The maximum Gasteiger partial charge on any atom is 0.257 e. The summed E-state index contributed by atoms with van der Waals surface area (Å²) in [6, 6.07) is 0. The van der Waals surface area contributed by atoms with Crippen molar-refractivity contribution in [2.45, 2.75) is 32.8 Å². The Labute approximate surface area is 128 Å². The summed E-state index contributed by atoms with van der Waals surface area (Å²) in [5, 5.41) is 13.8. The van der Waals surface area contributed by atoms with E-state index in [-0.39, 0.29) is 12.0 Å². The molecule has 3 rings (SSSR count). The lowest BCUT2D eigenvalue weighted by molar-refractivity contribution is -0.0267. The summed E-state index contributed by atoms with van der Waals surface area (Å²) in [4.78, 5) is 18.7. The number of rotatable bonds is 4. The molecule has 0 radical (unpaired) electrons. The Bertz CT molecular complexity index is 649. The van der Waals surface area contributed by atoms with Crippen molar-refractivity contribution in [1.82, 2.24) is 30.3 Å². The molecule has 1 fully saturated rings. The molecule has 22 heavy (non-hydrogen) atoms. The Morgan fingerprint density at radius 3 is 3.09 bits per heavy atom. The molecule has 118 valence electrons. The number of amides is 1. The summed E-state index contributed by atoms with van der Waals surface area (Å²) in [6.45, 7) is 5.42. The average molecular weight is 304 g/mol. The molecule has 0 bridgehead atoms. The summed E-state index contributed by atoms with van der Waals surface area (Å²) in [7, 11) is 0. The first-order valence-corrected chi connectivity index (χ1v) is 7.51. The smallest absolute Gasteiger partial charge is 0.257 e. The van der Waals surface area contributed by atoms with Crippen LogP contribution in [-0.2, 0) is 11.2 Å². The SMILES string of the molecule is CCCc1nc([C@H]2CN(C(=O)c3cn[nH]c3C)CCO2)n[nH]1. The van der Waals surface area contributed by atoms with Gasteiger partial charge in [0, 0.05) is 18.7 Å². The molecule has 3 heterocycles. The van der Waals surface area contributed by atoms with E-state index in [0.29, 0.717) is 31.1 Å². The van der Waals surface area contributed by atoms with E-state index in [1.807, 2.05) is 6.92 Å². The second-order valence-electron chi connectivity index (χ2n) is 5.41. The number of H-pyrrole nitrogens is 2. The molecule has 0 spiro atoms. The van der Waals surface area contributed by atoms with Gasteiger partial charge in [-0.2, -0.15) is 10.2 Å². The molecular formula is C14H20N6O2. The normalized spacial score (nSPS) is 18.6. The van der Waals surface area contributed by atoms with Crippen LogP contribution in [0.2, 0.25) is 0 Å².